The number of ether oxygens (including phenoxy) is 1. The topological polar surface area (TPSA) is 69.9 Å². The van der Waals surface area contributed by atoms with Crippen molar-refractivity contribution in [1.82, 2.24) is 19.5 Å². The van der Waals surface area contributed by atoms with E-state index >= 15 is 0 Å². The monoisotopic (exact) mass is 248 g/mol. The number of esters is 1. The molecular formula is C12H16N4O2. The van der Waals surface area contributed by atoms with Gasteiger partial charge in [-0.15, -0.1) is 0 Å². The summed E-state index contributed by atoms with van der Waals surface area (Å²) < 4.78 is 6.86. The SMILES string of the molecule is CCOC(=O)C(C(C)C)n1cnc2cncnc21. The number of hydrogen-bond donors (Lipinski definition) is 0. The van der Waals surface area contributed by atoms with Gasteiger partial charge in [0, 0.05) is 0 Å². The lowest BCUT2D eigenvalue weighted by Crippen LogP contribution is -2.26. The largest absolute Gasteiger partial charge is 0.464 e. The van der Waals surface area contributed by atoms with Crippen LogP contribution in [0.25, 0.3) is 11.2 Å². The molecule has 2 aromatic rings. The van der Waals surface area contributed by atoms with E-state index in [9.17, 15) is 4.79 Å². The number of carbonyl (C=O) groups is 1. The van der Waals surface area contributed by atoms with E-state index in [0.29, 0.717) is 17.8 Å². The van der Waals surface area contributed by atoms with Gasteiger partial charge in [-0.05, 0) is 12.8 Å². The third kappa shape index (κ3) is 2.18. The highest BCUT2D eigenvalue weighted by Gasteiger charge is 2.27. The maximum Gasteiger partial charge on any atom is 0.329 e. The molecule has 0 aliphatic carbocycles. The molecule has 0 N–H and O–H groups in total. The Morgan fingerprint density at radius 2 is 2.22 bits per heavy atom. The molecule has 0 amide bonds. The average Bonchev–Trinajstić information content (AvgIpc) is 2.74. The maximum absolute atomic E-state index is 12.0. The Hall–Kier alpha value is -1.98. The lowest BCUT2D eigenvalue weighted by Gasteiger charge is -2.20. The number of rotatable bonds is 4. The number of fused-ring (bicyclic) bond motifs is 1. The fourth-order valence-corrected chi connectivity index (χ4v) is 1.92. The van der Waals surface area contributed by atoms with Crippen LogP contribution in [0.5, 0.6) is 0 Å². The fourth-order valence-electron chi connectivity index (χ4n) is 1.92. The van der Waals surface area contributed by atoms with Crippen LogP contribution in [-0.4, -0.2) is 32.1 Å². The van der Waals surface area contributed by atoms with Crippen LogP contribution in [0.15, 0.2) is 18.9 Å². The van der Waals surface area contributed by atoms with Gasteiger partial charge in [-0.1, -0.05) is 13.8 Å². The first-order valence-corrected chi connectivity index (χ1v) is 5.94. The van der Waals surface area contributed by atoms with Crippen molar-refractivity contribution in [3.8, 4) is 0 Å². The van der Waals surface area contributed by atoms with Gasteiger partial charge in [0.1, 0.15) is 17.9 Å². The van der Waals surface area contributed by atoms with Crippen molar-refractivity contribution in [2.45, 2.75) is 26.8 Å². The van der Waals surface area contributed by atoms with Crippen LogP contribution in [0.3, 0.4) is 0 Å². The van der Waals surface area contributed by atoms with E-state index in [-0.39, 0.29) is 11.9 Å². The van der Waals surface area contributed by atoms with Gasteiger partial charge in [-0.25, -0.2) is 19.7 Å². The molecule has 0 aliphatic heterocycles. The molecule has 0 spiro atoms. The molecule has 0 saturated heterocycles. The molecule has 0 saturated carbocycles. The Morgan fingerprint density at radius 3 is 2.89 bits per heavy atom. The van der Waals surface area contributed by atoms with E-state index in [0.717, 1.165) is 0 Å². The highest BCUT2D eigenvalue weighted by Crippen LogP contribution is 2.23. The van der Waals surface area contributed by atoms with Crippen molar-refractivity contribution in [2.75, 3.05) is 6.61 Å². The first-order valence-electron chi connectivity index (χ1n) is 5.94. The number of imidazole rings is 1. The first-order chi connectivity index (χ1) is 8.65. The van der Waals surface area contributed by atoms with Gasteiger partial charge >= 0.3 is 5.97 Å². The van der Waals surface area contributed by atoms with E-state index < -0.39 is 6.04 Å². The van der Waals surface area contributed by atoms with Gasteiger partial charge in [-0.2, -0.15) is 0 Å². The summed E-state index contributed by atoms with van der Waals surface area (Å²) in [4.78, 5) is 24.3. The van der Waals surface area contributed by atoms with Crippen molar-refractivity contribution in [3.05, 3.63) is 18.9 Å². The van der Waals surface area contributed by atoms with Gasteiger partial charge in [0.2, 0.25) is 0 Å². The van der Waals surface area contributed by atoms with E-state index in [1.165, 1.54) is 6.33 Å². The smallest absolute Gasteiger partial charge is 0.329 e. The molecule has 0 fully saturated rings. The van der Waals surface area contributed by atoms with Crippen LogP contribution in [-0.2, 0) is 9.53 Å². The second-order valence-electron chi connectivity index (χ2n) is 4.32. The lowest BCUT2D eigenvalue weighted by atomic mass is 10.0. The number of nitrogens with zero attached hydrogens (tertiary/aromatic N) is 4. The van der Waals surface area contributed by atoms with Gasteiger partial charge in [0.05, 0.1) is 19.1 Å². The third-order valence-electron chi connectivity index (χ3n) is 2.70. The molecule has 6 heteroatoms. The van der Waals surface area contributed by atoms with Crippen LogP contribution in [0, 0.1) is 5.92 Å². The van der Waals surface area contributed by atoms with Crippen molar-refractivity contribution >= 4 is 17.1 Å². The minimum atomic E-state index is -0.412. The summed E-state index contributed by atoms with van der Waals surface area (Å²) in [5, 5.41) is 0. The normalized spacial score (nSPS) is 12.9. The maximum atomic E-state index is 12.0. The molecule has 1 atom stereocenters. The van der Waals surface area contributed by atoms with Gasteiger partial charge in [0.25, 0.3) is 0 Å². The van der Waals surface area contributed by atoms with Gasteiger partial charge < -0.3 is 9.30 Å². The minimum absolute atomic E-state index is 0.0939. The van der Waals surface area contributed by atoms with E-state index in [1.807, 2.05) is 13.8 Å². The molecule has 2 aromatic heterocycles. The zero-order chi connectivity index (χ0) is 13.1. The summed E-state index contributed by atoms with van der Waals surface area (Å²) in [5.74, 6) is -0.165. The van der Waals surface area contributed by atoms with Crippen molar-refractivity contribution in [2.24, 2.45) is 5.92 Å². The van der Waals surface area contributed by atoms with Crippen LogP contribution in [0.1, 0.15) is 26.8 Å². The third-order valence-corrected chi connectivity index (χ3v) is 2.70. The fraction of sp³-hybridized carbons (Fsp3) is 0.500. The zero-order valence-electron chi connectivity index (χ0n) is 10.7. The van der Waals surface area contributed by atoms with Crippen molar-refractivity contribution in [3.63, 3.8) is 0 Å². The summed E-state index contributed by atoms with van der Waals surface area (Å²) >= 11 is 0. The minimum Gasteiger partial charge on any atom is -0.464 e. The zero-order valence-corrected chi connectivity index (χ0v) is 10.7. The Labute approximate surface area is 105 Å². The molecule has 0 aliphatic rings. The molecule has 0 bridgehead atoms. The van der Waals surface area contributed by atoms with Crippen molar-refractivity contribution in [1.29, 1.82) is 0 Å². The summed E-state index contributed by atoms with van der Waals surface area (Å²) in [6.07, 6.45) is 4.69. The second kappa shape index (κ2) is 5.12. The average molecular weight is 248 g/mol. The molecule has 18 heavy (non-hydrogen) atoms. The van der Waals surface area contributed by atoms with Crippen LogP contribution in [0.4, 0.5) is 0 Å². The Kier molecular flexibility index (Phi) is 3.55. The summed E-state index contributed by atoms with van der Waals surface area (Å²) in [6, 6.07) is -0.412. The van der Waals surface area contributed by atoms with Crippen LogP contribution >= 0.6 is 0 Å². The number of carbonyl (C=O) groups excluding carboxylic acids is 1. The molecular weight excluding hydrogens is 232 g/mol. The first kappa shape index (κ1) is 12.5. The molecule has 1 unspecified atom stereocenters. The van der Waals surface area contributed by atoms with Crippen LogP contribution in [0.2, 0.25) is 0 Å². The molecule has 6 nitrogen and oxygen atoms in total. The van der Waals surface area contributed by atoms with Crippen molar-refractivity contribution < 1.29 is 9.53 Å². The Morgan fingerprint density at radius 1 is 1.44 bits per heavy atom. The predicted molar refractivity (Wildman–Crippen MR) is 65.8 cm³/mol. The van der Waals surface area contributed by atoms with E-state index in [1.54, 1.807) is 24.0 Å². The van der Waals surface area contributed by atoms with E-state index in [2.05, 4.69) is 15.0 Å². The Balaban J connectivity index is 2.45. The van der Waals surface area contributed by atoms with E-state index in [4.69, 9.17) is 4.74 Å². The molecule has 0 radical (unpaired) electrons. The highest BCUT2D eigenvalue weighted by atomic mass is 16.5. The summed E-state index contributed by atoms with van der Waals surface area (Å²) in [7, 11) is 0. The van der Waals surface area contributed by atoms with Gasteiger partial charge in [-0.3, -0.25) is 0 Å². The summed E-state index contributed by atoms with van der Waals surface area (Å²) in [6.45, 7) is 6.09. The number of hydrogen-bond acceptors (Lipinski definition) is 5. The quantitative estimate of drug-likeness (QED) is 0.768. The second-order valence-corrected chi connectivity index (χ2v) is 4.32. The predicted octanol–water partition coefficient (Wildman–Crippen LogP) is 1.59. The lowest BCUT2D eigenvalue weighted by molar-refractivity contribution is -0.148. The Bertz CT molecular complexity index is 550. The molecule has 96 valence electrons. The summed E-state index contributed by atoms with van der Waals surface area (Å²) in [5.41, 5.74) is 1.32. The van der Waals surface area contributed by atoms with Gasteiger partial charge in [0.15, 0.2) is 5.65 Å². The highest BCUT2D eigenvalue weighted by molar-refractivity contribution is 5.78. The van der Waals surface area contributed by atoms with Crippen LogP contribution < -0.4 is 0 Å². The molecule has 0 aromatic carbocycles. The molecule has 2 heterocycles. The standard InChI is InChI=1S/C12H16N4O2/c1-4-18-12(17)10(8(2)3)16-7-15-9-5-13-6-14-11(9)16/h5-8,10H,4H2,1-3H3. The molecule has 2 rings (SSSR count). The number of aromatic nitrogens is 4.